The van der Waals surface area contributed by atoms with Gasteiger partial charge in [0.1, 0.15) is 5.82 Å². The van der Waals surface area contributed by atoms with Crippen LogP contribution in [-0.4, -0.2) is 17.6 Å². The van der Waals surface area contributed by atoms with Crippen LogP contribution in [0.3, 0.4) is 0 Å². The molecule has 0 amide bonds. The van der Waals surface area contributed by atoms with Gasteiger partial charge >= 0.3 is 0 Å². The quantitative estimate of drug-likeness (QED) is 0.0776. The molecule has 0 atom stereocenters. The zero-order valence-corrected chi connectivity index (χ0v) is 50.1. The van der Waals surface area contributed by atoms with Gasteiger partial charge in [-0.15, -0.1) is 48.1 Å². The van der Waals surface area contributed by atoms with E-state index in [1.165, 1.54) is 31.9 Å². The molecule has 80 heavy (non-hydrogen) atoms. The Hall–Kier alpha value is -7.76. The molecule has 0 aliphatic carbocycles. The number of ether oxygens (including phenoxy) is 1. The van der Waals surface area contributed by atoms with Crippen molar-refractivity contribution in [2.75, 3.05) is 9.80 Å². The maximum atomic E-state index is 8.95. The van der Waals surface area contributed by atoms with Gasteiger partial charge in [0.15, 0.2) is 8.07 Å². The van der Waals surface area contributed by atoms with E-state index in [2.05, 4.69) is 267 Å². The molecule has 11 aromatic rings. The summed E-state index contributed by atoms with van der Waals surface area (Å²) in [6, 6.07) is 82.2. The van der Waals surface area contributed by atoms with Crippen molar-refractivity contribution < 1.29 is 29.9 Å². The van der Waals surface area contributed by atoms with Crippen molar-refractivity contribution in [3.63, 3.8) is 0 Å². The summed E-state index contributed by atoms with van der Waals surface area (Å²) in [7, 11) is -2.96. The van der Waals surface area contributed by atoms with Gasteiger partial charge in [-0.1, -0.05) is 213 Å². The van der Waals surface area contributed by atoms with E-state index in [1.54, 1.807) is 12.3 Å². The fourth-order valence-corrected chi connectivity index (χ4v) is 16.1. The average molecular weight is 1240 g/mol. The molecular weight excluding hydrogens is 1170 g/mol. The molecule has 0 fully saturated rings. The van der Waals surface area contributed by atoms with Gasteiger partial charge in [0, 0.05) is 71.0 Å². The molecule has 1 aliphatic heterocycles. The Morgan fingerprint density at radius 2 is 1.06 bits per heavy atom. The van der Waals surface area contributed by atoms with Crippen LogP contribution in [0.1, 0.15) is 88.7 Å². The predicted octanol–water partition coefficient (Wildman–Crippen LogP) is 16.2. The first-order chi connectivity index (χ1) is 39.2. The molecule has 9 aromatic carbocycles. The second-order valence-corrected chi connectivity index (χ2v) is 27.8. The molecule has 0 unspecified atom stereocenters. The largest absolute Gasteiger partial charge is 0.509 e. The van der Waals surface area contributed by atoms with Gasteiger partial charge in [-0.2, -0.15) is 12.1 Å². The zero-order valence-electron chi connectivity index (χ0n) is 49.9. The molecule has 7 heteroatoms. The summed E-state index contributed by atoms with van der Waals surface area (Å²) in [6.07, 6.45) is 1.72. The predicted molar refractivity (Wildman–Crippen MR) is 334 cm³/mol. The van der Waals surface area contributed by atoms with E-state index < -0.39 is 14.9 Å². The number of fused-ring (bicyclic) bond motifs is 4. The van der Waals surface area contributed by atoms with E-state index >= 15 is 0 Å². The van der Waals surface area contributed by atoms with Crippen molar-refractivity contribution in [2.45, 2.75) is 85.4 Å². The van der Waals surface area contributed by atoms with Crippen molar-refractivity contribution in [3.05, 3.63) is 260 Å². The van der Waals surface area contributed by atoms with Crippen molar-refractivity contribution in [2.24, 2.45) is 0 Å². The molecule has 0 radical (unpaired) electrons. The minimum absolute atomic E-state index is 0. The number of aromatic nitrogens is 2. The number of hydrogen-bond acceptors (Lipinski definition) is 4. The van der Waals surface area contributed by atoms with E-state index in [0.717, 1.165) is 50.2 Å². The molecule has 0 N–H and O–H groups in total. The smallest absolute Gasteiger partial charge is 0.179 e. The second-order valence-electron chi connectivity index (χ2n) is 24.0. The van der Waals surface area contributed by atoms with Gasteiger partial charge in [-0.3, -0.25) is 0 Å². The third-order valence-corrected chi connectivity index (χ3v) is 20.5. The fraction of sp³-hybridized carbons (Fsp3) is 0.178. The molecule has 402 valence electrons. The van der Waals surface area contributed by atoms with Gasteiger partial charge < -0.3 is 19.1 Å². The van der Waals surface area contributed by atoms with Crippen molar-refractivity contribution in [1.82, 2.24) is 9.55 Å². The average Bonchev–Trinajstić information content (AvgIpc) is 2.41. The Labute approximate surface area is 493 Å². The van der Waals surface area contributed by atoms with Crippen molar-refractivity contribution in [1.29, 1.82) is 0 Å². The maximum Gasteiger partial charge on any atom is 0.179 e. The van der Waals surface area contributed by atoms with Gasteiger partial charge in [0.2, 0.25) is 0 Å². The molecule has 3 heterocycles. The van der Waals surface area contributed by atoms with Crippen LogP contribution in [0, 0.1) is 25.7 Å². The Morgan fingerprint density at radius 3 is 1.64 bits per heavy atom. The normalized spacial score (nSPS) is 13.6. The van der Waals surface area contributed by atoms with E-state index in [0.29, 0.717) is 28.4 Å². The Balaban J connectivity index is 0.00000721. The van der Waals surface area contributed by atoms with Gasteiger partial charge in [-0.05, 0) is 113 Å². The van der Waals surface area contributed by atoms with E-state index in [1.807, 2.05) is 34.9 Å². The summed E-state index contributed by atoms with van der Waals surface area (Å²) in [5.41, 5.74) is 10.7. The van der Waals surface area contributed by atoms with Crippen LogP contribution < -0.4 is 35.3 Å². The molecule has 0 spiro atoms. The fourth-order valence-electron chi connectivity index (χ4n) is 11.3. The summed E-state index contributed by atoms with van der Waals surface area (Å²) in [4.78, 5) is 9.60. The minimum Gasteiger partial charge on any atom is -0.509 e. The SMILES string of the molecule is [2H]C([2H])([2H])c1cc(-n2c3[c-]c(Oc4[c-]c(N5[CH-]N(c6cc(C(C)(C)C)cc(C(C)(C)C)c6)c6ccccc65)ccc4)ccc3c3cc([Si](c4ccccc4)(c4ccccc4)c4ccccc4)ccc32)ncc1-c1ccc(C(C)(C)C)cc1.[Pt]. The first kappa shape index (κ1) is 50.5. The summed E-state index contributed by atoms with van der Waals surface area (Å²) in [5, 5.41) is 6.90. The molecule has 12 rings (SSSR count). The standard InChI is InChI=1S/C73H67N4OSi.Pt/c1-50-41-70(74-48-65(50)51-33-35-52(36-34-51)71(2,3)4)77-66-40-38-62(79(59-25-14-11-15-26-59,60-27-16-12-17-28-60)61-29-18-13-19-30-61)47-64(66)63-39-37-58(46-69(63)77)78-57-24-22-23-55(45-57)75-49-76(68-32-21-20-31-67(68)75)56-43-53(72(5,6)7)42-54(44-56)73(8,9)10;/h11-44,47-49H,1-10H3;/q-3;/i1D3;. The Kier molecular flexibility index (Phi) is 13.3. The van der Waals surface area contributed by atoms with Crippen molar-refractivity contribution >= 4 is 73.4 Å². The summed E-state index contributed by atoms with van der Waals surface area (Å²) in [6.45, 7) is 19.8. The Bertz CT molecular complexity index is 4030. The number of rotatable bonds is 10. The summed E-state index contributed by atoms with van der Waals surface area (Å²) in [5.74, 6) is 1.45. The third-order valence-electron chi connectivity index (χ3n) is 15.7. The molecule has 0 saturated carbocycles. The van der Waals surface area contributed by atoms with Gasteiger partial charge in [-0.25, -0.2) is 4.98 Å². The number of pyridine rings is 1. The third kappa shape index (κ3) is 9.92. The molecule has 0 bridgehead atoms. The second kappa shape index (κ2) is 21.0. The minimum atomic E-state index is -2.96. The van der Waals surface area contributed by atoms with Crippen LogP contribution in [0.4, 0.5) is 22.7 Å². The monoisotopic (exact) mass is 1240 g/mol. The van der Waals surface area contributed by atoms with E-state index in [-0.39, 0.29) is 42.9 Å². The van der Waals surface area contributed by atoms with Crippen LogP contribution in [0.25, 0.3) is 38.8 Å². The van der Waals surface area contributed by atoms with Crippen LogP contribution in [0.5, 0.6) is 11.5 Å². The molecule has 1 aliphatic rings. The summed E-state index contributed by atoms with van der Waals surface area (Å²) < 4.78 is 35.7. The van der Waals surface area contributed by atoms with E-state index in [9.17, 15) is 0 Å². The van der Waals surface area contributed by atoms with Crippen LogP contribution in [-0.2, 0) is 37.3 Å². The van der Waals surface area contributed by atoms with Crippen LogP contribution in [0.2, 0.25) is 0 Å². The zero-order chi connectivity index (χ0) is 57.3. The van der Waals surface area contributed by atoms with E-state index in [4.69, 9.17) is 13.8 Å². The number of nitrogens with zero attached hydrogens (tertiary/aromatic N) is 4. The molecule has 0 saturated heterocycles. The first-order valence-electron chi connectivity index (χ1n) is 28.8. The molecular formula is C73H67N4OPtSi-3. The summed E-state index contributed by atoms with van der Waals surface area (Å²) >= 11 is 0. The van der Waals surface area contributed by atoms with Gasteiger partial charge in [0.25, 0.3) is 0 Å². The topological polar surface area (TPSA) is 33.5 Å². The molecule has 2 aromatic heterocycles. The molecule has 5 nitrogen and oxygen atoms in total. The van der Waals surface area contributed by atoms with Crippen LogP contribution in [0.15, 0.2) is 219 Å². The van der Waals surface area contributed by atoms with Gasteiger partial charge in [0.05, 0.1) is 0 Å². The maximum absolute atomic E-state index is 8.95. The van der Waals surface area contributed by atoms with Crippen molar-refractivity contribution in [3.8, 4) is 28.4 Å². The number of hydrogen-bond donors (Lipinski definition) is 0. The number of aryl methyl sites for hydroxylation is 1. The number of benzene rings is 9. The number of anilines is 4. The number of para-hydroxylation sites is 2. The first-order valence-corrected chi connectivity index (χ1v) is 29.3. The van der Waals surface area contributed by atoms with Crippen LogP contribution >= 0.6 is 0 Å². The Morgan fingerprint density at radius 1 is 0.500 bits per heavy atom.